The van der Waals surface area contributed by atoms with E-state index >= 15 is 0 Å². The van der Waals surface area contributed by atoms with Crippen molar-refractivity contribution in [1.29, 1.82) is 0 Å². The standard InChI is InChI=1S/C22H19F3N2O/c1-16-5-2-3-6-18(16)15-28-21-11-9-17(10-12-21)14-26-27-20-8-4-7-19(13-20)22(23,24)25/h2-14,27H,15H2,1H3. The van der Waals surface area contributed by atoms with Gasteiger partial charge in [0.05, 0.1) is 17.5 Å². The number of anilines is 1. The zero-order valence-corrected chi connectivity index (χ0v) is 15.2. The molecular formula is C22H19F3N2O. The lowest BCUT2D eigenvalue weighted by Crippen LogP contribution is -2.05. The average Bonchev–Trinajstić information content (AvgIpc) is 2.68. The molecule has 0 saturated heterocycles. The molecule has 3 aromatic carbocycles. The van der Waals surface area contributed by atoms with Gasteiger partial charge in [-0.25, -0.2) is 0 Å². The third-order valence-electron chi connectivity index (χ3n) is 4.13. The van der Waals surface area contributed by atoms with E-state index in [1.165, 1.54) is 23.9 Å². The maximum Gasteiger partial charge on any atom is 0.416 e. The van der Waals surface area contributed by atoms with Crippen molar-refractivity contribution < 1.29 is 17.9 Å². The maximum atomic E-state index is 12.7. The Morgan fingerprint density at radius 1 is 0.964 bits per heavy atom. The van der Waals surface area contributed by atoms with Crippen molar-refractivity contribution in [1.82, 2.24) is 0 Å². The van der Waals surface area contributed by atoms with E-state index in [0.29, 0.717) is 6.61 Å². The molecule has 0 spiro atoms. The molecule has 0 aliphatic heterocycles. The van der Waals surface area contributed by atoms with Crippen molar-refractivity contribution in [2.45, 2.75) is 19.7 Å². The monoisotopic (exact) mass is 384 g/mol. The fraction of sp³-hybridized carbons (Fsp3) is 0.136. The van der Waals surface area contributed by atoms with E-state index in [2.05, 4.69) is 10.5 Å². The van der Waals surface area contributed by atoms with E-state index in [9.17, 15) is 13.2 Å². The SMILES string of the molecule is Cc1ccccc1COc1ccc(C=NNc2cccc(C(F)(F)F)c2)cc1. The Morgan fingerprint density at radius 3 is 2.43 bits per heavy atom. The van der Waals surface area contributed by atoms with Crippen LogP contribution in [0.2, 0.25) is 0 Å². The largest absolute Gasteiger partial charge is 0.489 e. The van der Waals surface area contributed by atoms with Gasteiger partial charge in [-0.15, -0.1) is 0 Å². The van der Waals surface area contributed by atoms with Gasteiger partial charge < -0.3 is 4.74 Å². The van der Waals surface area contributed by atoms with Crippen LogP contribution in [0.25, 0.3) is 0 Å². The van der Waals surface area contributed by atoms with Crippen LogP contribution in [-0.4, -0.2) is 6.21 Å². The molecule has 0 heterocycles. The lowest BCUT2D eigenvalue weighted by molar-refractivity contribution is -0.137. The van der Waals surface area contributed by atoms with E-state index in [0.717, 1.165) is 29.0 Å². The molecule has 0 atom stereocenters. The van der Waals surface area contributed by atoms with Crippen LogP contribution < -0.4 is 10.2 Å². The van der Waals surface area contributed by atoms with Gasteiger partial charge >= 0.3 is 6.18 Å². The number of halogens is 3. The molecule has 0 unspecified atom stereocenters. The lowest BCUT2D eigenvalue weighted by Gasteiger charge is -2.09. The molecule has 3 aromatic rings. The highest BCUT2D eigenvalue weighted by atomic mass is 19.4. The highest BCUT2D eigenvalue weighted by Crippen LogP contribution is 2.30. The van der Waals surface area contributed by atoms with Crippen molar-refractivity contribution in [2.75, 3.05) is 5.43 Å². The molecule has 0 aliphatic carbocycles. The number of rotatable bonds is 6. The summed E-state index contributed by atoms with van der Waals surface area (Å²) in [5, 5.41) is 3.99. The highest BCUT2D eigenvalue weighted by Gasteiger charge is 2.30. The van der Waals surface area contributed by atoms with Crippen molar-refractivity contribution >= 4 is 11.9 Å². The van der Waals surface area contributed by atoms with Crippen molar-refractivity contribution in [3.63, 3.8) is 0 Å². The fourth-order valence-corrected chi connectivity index (χ4v) is 2.53. The lowest BCUT2D eigenvalue weighted by atomic mass is 10.1. The minimum absolute atomic E-state index is 0.268. The third-order valence-corrected chi connectivity index (χ3v) is 4.13. The number of alkyl halides is 3. The number of ether oxygens (including phenoxy) is 1. The van der Waals surface area contributed by atoms with Gasteiger partial charge in [0.25, 0.3) is 0 Å². The van der Waals surface area contributed by atoms with E-state index in [1.54, 1.807) is 0 Å². The predicted molar refractivity (Wildman–Crippen MR) is 105 cm³/mol. The summed E-state index contributed by atoms with van der Waals surface area (Å²) in [5.41, 5.74) is 5.25. The van der Waals surface area contributed by atoms with Gasteiger partial charge in [0.1, 0.15) is 12.4 Å². The van der Waals surface area contributed by atoms with Gasteiger partial charge in [-0.3, -0.25) is 5.43 Å². The zero-order chi connectivity index (χ0) is 20.0. The van der Waals surface area contributed by atoms with E-state index in [-0.39, 0.29) is 5.69 Å². The Bertz CT molecular complexity index is 950. The molecular weight excluding hydrogens is 365 g/mol. The quantitative estimate of drug-likeness (QED) is 0.415. The van der Waals surface area contributed by atoms with Crippen LogP contribution in [0.4, 0.5) is 18.9 Å². The van der Waals surface area contributed by atoms with Crippen LogP contribution in [-0.2, 0) is 12.8 Å². The molecule has 3 nitrogen and oxygen atoms in total. The molecule has 0 radical (unpaired) electrons. The first-order valence-electron chi connectivity index (χ1n) is 8.65. The van der Waals surface area contributed by atoms with Gasteiger partial charge in [0.2, 0.25) is 0 Å². The summed E-state index contributed by atoms with van der Waals surface area (Å²) < 4.78 is 43.9. The van der Waals surface area contributed by atoms with Gasteiger partial charge in [0, 0.05) is 0 Å². The van der Waals surface area contributed by atoms with Crippen LogP contribution in [0.5, 0.6) is 5.75 Å². The molecule has 0 bridgehead atoms. The molecule has 0 aliphatic rings. The van der Waals surface area contributed by atoms with Crippen molar-refractivity contribution in [3.8, 4) is 5.75 Å². The first kappa shape index (κ1) is 19.5. The summed E-state index contributed by atoms with van der Waals surface area (Å²) in [6.07, 6.45) is -2.85. The Morgan fingerprint density at radius 2 is 1.71 bits per heavy atom. The summed E-state index contributed by atoms with van der Waals surface area (Å²) in [4.78, 5) is 0. The summed E-state index contributed by atoms with van der Waals surface area (Å²) >= 11 is 0. The highest BCUT2D eigenvalue weighted by molar-refractivity contribution is 5.80. The maximum absolute atomic E-state index is 12.7. The van der Waals surface area contributed by atoms with Crippen LogP contribution in [0.3, 0.4) is 0 Å². The summed E-state index contributed by atoms with van der Waals surface area (Å²) in [7, 11) is 0. The predicted octanol–water partition coefficient (Wildman–Crippen LogP) is 6.04. The van der Waals surface area contributed by atoms with Gasteiger partial charge in [0.15, 0.2) is 0 Å². The number of hydrogen-bond acceptors (Lipinski definition) is 3. The normalized spacial score (nSPS) is 11.6. The number of nitrogens with zero attached hydrogens (tertiary/aromatic N) is 1. The molecule has 0 amide bonds. The van der Waals surface area contributed by atoms with Crippen LogP contribution in [0.15, 0.2) is 77.9 Å². The second kappa shape index (κ2) is 8.61. The Labute approximate surface area is 161 Å². The van der Waals surface area contributed by atoms with E-state index in [1.807, 2.05) is 55.5 Å². The van der Waals surface area contributed by atoms with Gasteiger partial charge in [-0.2, -0.15) is 18.3 Å². The van der Waals surface area contributed by atoms with Crippen molar-refractivity contribution in [2.24, 2.45) is 5.10 Å². The minimum Gasteiger partial charge on any atom is -0.489 e. The first-order valence-corrected chi connectivity index (χ1v) is 8.65. The number of nitrogens with one attached hydrogen (secondary N) is 1. The van der Waals surface area contributed by atoms with Crippen LogP contribution >= 0.6 is 0 Å². The van der Waals surface area contributed by atoms with E-state index in [4.69, 9.17) is 4.74 Å². The molecule has 0 fully saturated rings. The molecule has 28 heavy (non-hydrogen) atoms. The molecule has 144 valence electrons. The molecule has 6 heteroatoms. The Kier molecular flexibility index (Phi) is 5.99. The topological polar surface area (TPSA) is 33.6 Å². The van der Waals surface area contributed by atoms with Crippen molar-refractivity contribution in [3.05, 3.63) is 95.1 Å². The third kappa shape index (κ3) is 5.36. The minimum atomic E-state index is -4.38. The van der Waals surface area contributed by atoms with Gasteiger partial charge in [-0.1, -0.05) is 30.3 Å². The second-order valence-electron chi connectivity index (χ2n) is 6.23. The summed E-state index contributed by atoms with van der Waals surface area (Å²) in [6.45, 7) is 2.52. The molecule has 0 saturated carbocycles. The Balaban J connectivity index is 1.56. The molecule has 3 rings (SSSR count). The fourth-order valence-electron chi connectivity index (χ4n) is 2.53. The number of hydrogen-bond donors (Lipinski definition) is 1. The van der Waals surface area contributed by atoms with Gasteiger partial charge in [-0.05, 0) is 66.1 Å². The number of benzene rings is 3. The second-order valence-corrected chi connectivity index (χ2v) is 6.23. The summed E-state index contributed by atoms with van der Waals surface area (Å²) in [6, 6.07) is 20.2. The molecule has 1 N–H and O–H groups in total. The molecule has 0 aromatic heterocycles. The number of hydrazone groups is 1. The average molecular weight is 384 g/mol. The zero-order valence-electron chi connectivity index (χ0n) is 15.2. The smallest absolute Gasteiger partial charge is 0.416 e. The summed E-state index contributed by atoms with van der Waals surface area (Å²) in [5.74, 6) is 0.728. The Hall–Kier alpha value is -3.28. The first-order chi connectivity index (χ1) is 13.4. The van der Waals surface area contributed by atoms with Crippen LogP contribution in [0, 0.1) is 6.92 Å². The van der Waals surface area contributed by atoms with E-state index < -0.39 is 11.7 Å². The van der Waals surface area contributed by atoms with Crippen LogP contribution in [0.1, 0.15) is 22.3 Å². The number of aryl methyl sites for hydroxylation is 1.